The molecule has 0 bridgehead atoms. The summed E-state index contributed by atoms with van der Waals surface area (Å²) in [7, 11) is 1.71. The first-order valence-corrected chi connectivity index (χ1v) is 7.21. The van der Waals surface area contributed by atoms with Crippen molar-refractivity contribution < 1.29 is 9.53 Å². The summed E-state index contributed by atoms with van der Waals surface area (Å²) in [5.74, 6) is -0.0157. The molecule has 0 spiro atoms. The molecule has 0 aliphatic rings. The van der Waals surface area contributed by atoms with Crippen LogP contribution in [0, 0.1) is 0 Å². The maximum Gasteiger partial charge on any atom is 0.272 e. The highest BCUT2D eigenvalue weighted by Crippen LogP contribution is 2.10. The zero-order valence-electron chi connectivity index (χ0n) is 12.7. The lowest BCUT2D eigenvalue weighted by molar-refractivity contribution is 0.0767. The molecule has 1 heterocycles. The Balaban J connectivity index is 2.55. The Bertz CT molecular complexity index is 406. The largest absolute Gasteiger partial charge is 0.385 e. The SMILES string of the molecule is CCN(CC)C(=O)c1cc(NCCCCOC)ccn1. The Hall–Kier alpha value is -1.62. The van der Waals surface area contributed by atoms with Gasteiger partial charge in [-0.15, -0.1) is 0 Å². The van der Waals surface area contributed by atoms with E-state index in [1.54, 1.807) is 18.2 Å². The van der Waals surface area contributed by atoms with E-state index in [0.29, 0.717) is 18.8 Å². The van der Waals surface area contributed by atoms with Crippen molar-refractivity contribution in [2.24, 2.45) is 0 Å². The van der Waals surface area contributed by atoms with Gasteiger partial charge < -0.3 is 15.0 Å². The molecule has 20 heavy (non-hydrogen) atoms. The van der Waals surface area contributed by atoms with Gasteiger partial charge in [0.25, 0.3) is 5.91 Å². The van der Waals surface area contributed by atoms with Crippen molar-refractivity contribution in [2.75, 3.05) is 38.7 Å². The van der Waals surface area contributed by atoms with Gasteiger partial charge >= 0.3 is 0 Å². The third-order valence-electron chi connectivity index (χ3n) is 3.13. The smallest absolute Gasteiger partial charge is 0.272 e. The van der Waals surface area contributed by atoms with E-state index in [1.165, 1.54) is 0 Å². The summed E-state index contributed by atoms with van der Waals surface area (Å²) in [6, 6.07) is 3.70. The minimum atomic E-state index is -0.0157. The number of rotatable bonds is 9. The number of carbonyl (C=O) groups excluding carboxylic acids is 1. The van der Waals surface area contributed by atoms with Crippen LogP contribution in [0.15, 0.2) is 18.3 Å². The highest BCUT2D eigenvalue weighted by Gasteiger charge is 2.13. The number of amides is 1. The molecule has 0 atom stereocenters. The Labute approximate surface area is 121 Å². The number of nitrogens with zero attached hydrogens (tertiary/aromatic N) is 2. The van der Waals surface area contributed by atoms with Crippen LogP contribution in [-0.4, -0.2) is 49.1 Å². The number of aromatic nitrogens is 1. The second kappa shape index (κ2) is 9.31. The molecule has 1 aromatic rings. The number of hydrogen-bond donors (Lipinski definition) is 1. The Morgan fingerprint density at radius 1 is 1.35 bits per heavy atom. The van der Waals surface area contributed by atoms with E-state index in [0.717, 1.165) is 31.7 Å². The average Bonchev–Trinajstić information content (AvgIpc) is 2.48. The van der Waals surface area contributed by atoms with Crippen molar-refractivity contribution in [1.29, 1.82) is 0 Å². The Morgan fingerprint density at radius 3 is 2.75 bits per heavy atom. The molecule has 1 N–H and O–H groups in total. The fraction of sp³-hybridized carbons (Fsp3) is 0.600. The van der Waals surface area contributed by atoms with Crippen molar-refractivity contribution in [3.63, 3.8) is 0 Å². The number of pyridine rings is 1. The number of hydrogen-bond acceptors (Lipinski definition) is 4. The molecule has 1 amide bonds. The number of carbonyl (C=O) groups is 1. The highest BCUT2D eigenvalue weighted by atomic mass is 16.5. The van der Waals surface area contributed by atoms with Crippen LogP contribution in [0.5, 0.6) is 0 Å². The average molecular weight is 279 g/mol. The summed E-state index contributed by atoms with van der Waals surface area (Å²) < 4.78 is 5.01. The van der Waals surface area contributed by atoms with Crippen LogP contribution >= 0.6 is 0 Å². The third kappa shape index (κ3) is 5.17. The standard InChI is InChI=1S/C15H25N3O2/c1-4-18(5-2)15(19)14-12-13(8-10-17-14)16-9-6-7-11-20-3/h8,10,12H,4-7,9,11H2,1-3H3,(H,16,17). The summed E-state index contributed by atoms with van der Waals surface area (Å²) in [5, 5.41) is 3.31. The predicted molar refractivity (Wildman–Crippen MR) is 81.1 cm³/mol. The number of ether oxygens (including phenoxy) is 1. The predicted octanol–water partition coefficient (Wildman–Crippen LogP) is 2.40. The van der Waals surface area contributed by atoms with Gasteiger partial charge in [-0.3, -0.25) is 9.78 Å². The fourth-order valence-corrected chi connectivity index (χ4v) is 1.93. The quantitative estimate of drug-likeness (QED) is 0.705. The van der Waals surface area contributed by atoms with Crippen molar-refractivity contribution in [3.8, 4) is 0 Å². The minimum Gasteiger partial charge on any atom is -0.385 e. The first-order chi connectivity index (χ1) is 9.72. The van der Waals surface area contributed by atoms with Crippen molar-refractivity contribution >= 4 is 11.6 Å². The highest BCUT2D eigenvalue weighted by molar-refractivity contribution is 5.93. The van der Waals surface area contributed by atoms with Crippen LogP contribution in [0.2, 0.25) is 0 Å². The summed E-state index contributed by atoms with van der Waals surface area (Å²) in [6.45, 7) is 6.99. The number of anilines is 1. The zero-order valence-corrected chi connectivity index (χ0v) is 12.7. The van der Waals surface area contributed by atoms with E-state index in [2.05, 4.69) is 10.3 Å². The van der Waals surface area contributed by atoms with Gasteiger partial charge in [0.15, 0.2) is 0 Å². The molecule has 112 valence electrons. The fourth-order valence-electron chi connectivity index (χ4n) is 1.93. The molecule has 0 aliphatic carbocycles. The monoisotopic (exact) mass is 279 g/mol. The van der Waals surface area contributed by atoms with Crippen molar-refractivity contribution in [1.82, 2.24) is 9.88 Å². The van der Waals surface area contributed by atoms with E-state index < -0.39 is 0 Å². The Morgan fingerprint density at radius 2 is 2.10 bits per heavy atom. The summed E-state index contributed by atoms with van der Waals surface area (Å²) in [5.41, 5.74) is 1.43. The third-order valence-corrected chi connectivity index (χ3v) is 3.13. The van der Waals surface area contributed by atoms with E-state index in [9.17, 15) is 4.79 Å². The molecule has 0 fully saturated rings. The lowest BCUT2D eigenvalue weighted by atomic mass is 10.2. The lowest BCUT2D eigenvalue weighted by Crippen LogP contribution is -2.31. The van der Waals surface area contributed by atoms with Crippen LogP contribution in [0.3, 0.4) is 0 Å². The molecular formula is C15H25N3O2. The molecular weight excluding hydrogens is 254 g/mol. The van der Waals surface area contributed by atoms with Gasteiger partial charge in [-0.2, -0.15) is 0 Å². The maximum atomic E-state index is 12.2. The van der Waals surface area contributed by atoms with Crippen LogP contribution in [0.1, 0.15) is 37.2 Å². The number of unbranched alkanes of at least 4 members (excludes halogenated alkanes) is 1. The molecule has 0 aliphatic heterocycles. The minimum absolute atomic E-state index is 0.0157. The van der Waals surface area contributed by atoms with E-state index >= 15 is 0 Å². The summed E-state index contributed by atoms with van der Waals surface area (Å²) in [4.78, 5) is 18.1. The molecule has 1 rings (SSSR count). The first kappa shape index (κ1) is 16.4. The van der Waals surface area contributed by atoms with Crippen molar-refractivity contribution in [2.45, 2.75) is 26.7 Å². The topological polar surface area (TPSA) is 54.5 Å². The number of methoxy groups -OCH3 is 1. The van der Waals surface area contributed by atoms with E-state index in [-0.39, 0.29) is 5.91 Å². The van der Waals surface area contributed by atoms with E-state index in [4.69, 9.17) is 4.74 Å². The van der Waals surface area contributed by atoms with Gasteiger partial charge in [0.2, 0.25) is 0 Å². The molecule has 0 radical (unpaired) electrons. The van der Waals surface area contributed by atoms with Gasteiger partial charge in [0.1, 0.15) is 5.69 Å². The molecule has 5 nitrogen and oxygen atoms in total. The van der Waals surface area contributed by atoms with Crippen LogP contribution in [0.4, 0.5) is 5.69 Å². The molecule has 1 aromatic heterocycles. The molecule has 5 heteroatoms. The van der Waals surface area contributed by atoms with Gasteiger partial charge in [0.05, 0.1) is 0 Å². The van der Waals surface area contributed by atoms with Crippen LogP contribution < -0.4 is 5.32 Å². The van der Waals surface area contributed by atoms with Gasteiger partial charge in [-0.05, 0) is 38.8 Å². The lowest BCUT2D eigenvalue weighted by Gasteiger charge is -2.18. The molecule has 0 aromatic carbocycles. The van der Waals surface area contributed by atoms with Gasteiger partial charge in [-0.25, -0.2) is 0 Å². The molecule has 0 saturated heterocycles. The zero-order chi connectivity index (χ0) is 14.8. The van der Waals surface area contributed by atoms with Gasteiger partial charge in [0, 0.05) is 45.2 Å². The molecule has 0 unspecified atom stereocenters. The van der Waals surface area contributed by atoms with Gasteiger partial charge in [-0.1, -0.05) is 0 Å². The van der Waals surface area contributed by atoms with Crippen LogP contribution in [-0.2, 0) is 4.74 Å². The van der Waals surface area contributed by atoms with Crippen LogP contribution in [0.25, 0.3) is 0 Å². The summed E-state index contributed by atoms with van der Waals surface area (Å²) in [6.07, 6.45) is 3.74. The maximum absolute atomic E-state index is 12.2. The number of nitrogens with one attached hydrogen (secondary N) is 1. The Kier molecular flexibility index (Phi) is 7.65. The van der Waals surface area contributed by atoms with Crippen molar-refractivity contribution in [3.05, 3.63) is 24.0 Å². The molecule has 0 saturated carbocycles. The van der Waals surface area contributed by atoms with E-state index in [1.807, 2.05) is 26.0 Å². The second-order valence-corrected chi connectivity index (χ2v) is 4.53. The summed E-state index contributed by atoms with van der Waals surface area (Å²) >= 11 is 0. The first-order valence-electron chi connectivity index (χ1n) is 7.21. The normalized spacial score (nSPS) is 10.3. The second-order valence-electron chi connectivity index (χ2n) is 4.53.